The van der Waals surface area contributed by atoms with Gasteiger partial charge >= 0.3 is 12.0 Å². The van der Waals surface area contributed by atoms with Gasteiger partial charge in [0.1, 0.15) is 6.61 Å². The summed E-state index contributed by atoms with van der Waals surface area (Å²) in [6.07, 6.45) is 3.34. The number of carbonyl (C=O) groups is 2. The zero-order valence-electron chi connectivity index (χ0n) is 11.8. The van der Waals surface area contributed by atoms with E-state index >= 15 is 0 Å². The van der Waals surface area contributed by atoms with E-state index in [9.17, 15) is 9.59 Å². The predicted molar refractivity (Wildman–Crippen MR) is 69.2 cm³/mol. The van der Waals surface area contributed by atoms with Crippen LogP contribution in [0.3, 0.4) is 0 Å². The Labute approximate surface area is 109 Å². The molecular weight excluding hydrogens is 232 g/mol. The van der Waals surface area contributed by atoms with Gasteiger partial charge in [-0.15, -0.1) is 0 Å². The second-order valence-electron chi connectivity index (χ2n) is 5.15. The van der Waals surface area contributed by atoms with Crippen molar-refractivity contribution in [2.75, 3.05) is 20.7 Å². The summed E-state index contributed by atoms with van der Waals surface area (Å²) in [5.41, 5.74) is -0.533. The van der Waals surface area contributed by atoms with Crippen LogP contribution in [0.4, 0.5) is 4.79 Å². The lowest BCUT2D eigenvalue weighted by Crippen LogP contribution is -2.51. The summed E-state index contributed by atoms with van der Waals surface area (Å²) in [4.78, 5) is 25.3. The number of hydrogen-bond donors (Lipinski definition) is 1. The highest BCUT2D eigenvalue weighted by atomic mass is 16.5. The maximum Gasteiger partial charge on any atom is 0.317 e. The van der Waals surface area contributed by atoms with Gasteiger partial charge in [-0.2, -0.15) is 0 Å². The Balaban J connectivity index is 2.87. The van der Waals surface area contributed by atoms with Crippen molar-refractivity contribution in [3.8, 4) is 0 Å². The molecule has 5 nitrogen and oxygen atoms in total. The molecule has 1 aliphatic rings. The Bertz CT molecular complexity index is 309. The van der Waals surface area contributed by atoms with E-state index < -0.39 is 5.41 Å². The van der Waals surface area contributed by atoms with Crippen LogP contribution in [0.25, 0.3) is 0 Å². The van der Waals surface area contributed by atoms with Gasteiger partial charge in [0.15, 0.2) is 0 Å². The normalized spacial score (nSPS) is 21.6. The summed E-state index contributed by atoms with van der Waals surface area (Å²) < 4.78 is 5.20. The number of rotatable bonds is 5. The van der Waals surface area contributed by atoms with E-state index in [-0.39, 0.29) is 18.0 Å². The van der Waals surface area contributed by atoms with Crippen molar-refractivity contribution in [3.05, 3.63) is 0 Å². The number of hydrogen-bond acceptors (Lipinski definition) is 3. The molecule has 1 fully saturated rings. The Morgan fingerprint density at radius 3 is 2.39 bits per heavy atom. The third-order valence-corrected chi connectivity index (χ3v) is 3.55. The molecule has 1 atom stereocenters. The summed E-state index contributed by atoms with van der Waals surface area (Å²) in [5, 5.41) is 2.91. The number of ether oxygens (including phenoxy) is 1. The Morgan fingerprint density at radius 2 is 1.94 bits per heavy atom. The summed E-state index contributed by atoms with van der Waals surface area (Å²) in [6, 6.07) is -0.380. The van der Waals surface area contributed by atoms with E-state index in [1.165, 1.54) is 4.90 Å². The molecule has 18 heavy (non-hydrogen) atoms. The fourth-order valence-electron chi connectivity index (χ4n) is 2.63. The van der Waals surface area contributed by atoms with Crippen molar-refractivity contribution < 1.29 is 14.3 Å². The number of esters is 1. The number of carbonyl (C=O) groups excluding carboxylic acids is 2. The van der Waals surface area contributed by atoms with Gasteiger partial charge in [0, 0.05) is 14.1 Å². The van der Waals surface area contributed by atoms with E-state index in [1.807, 2.05) is 13.8 Å². The molecule has 1 aliphatic heterocycles. The molecule has 0 aromatic rings. The van der Waals surface area contributed by atoms with E-state index in [1.54, 1.807) is 14.1 Å². The molecule has 1 N–H and O–H groups in total. The van der Waals surface area contributed by atoms with Crippen LogP contribution in [0.5, 0.6) is 0 Å². The highest BCUT2D eigenvalue weighted by molar-refractivity contribution is 5.82. The van der Waals surface area contributed by atoms with Gasteiger partial charge in [-0.05, 0) is 12.8 Å². The van der Waals surface area contributed by atoms with Crippen LogP contribution in [0.2, 0.25) is 0 Å². The fraction of sp³-hybridized carbons (Fsp3) is 0.846. The van der Waals surface area contributed by atoms with Crippen LogP contribution in [0.15, 0.2) is 0 Å². The Kier molecular flexibility index (Phi) is 4.99. The van der Waals surface area contributed by atoms with Gasteiger partial charge in [0.2, 0.25) is 0 Å². The van der Waals surface area contributed by atoms with Crippen LogP contribution in [-0.2, 0) is 9.53 Å². The molecule has 0 spiro atoms. The van der Waals surface area contributed by atoms with E-state index in [4.69, 9.17) is 4.74 Å². The first-order valence-electron chi connectivity index (χ1n) is 6.63. The monoisotopic (exact) mass is 256 g/mol. The molecule has 104 valence electrons. The van der Waals surface area contributed by atoms with Gasteiger partial charge in [0.05, 0.1) is 11.5 Å². The topological polar surface area (TPSA) is 58.6 Å². The van der Waals surface area contributed by atoms with E-state index in [0.717, 1.165) is 25.7 Å². The number of nitrogens with one attached hydrogen (secondary N) is 1. The van der Waals surface area contributed by atoms with Gasteiger partial charge in [-0.25, -0.2) is 4.79 Å². The average molecular weight is 256 g/mol. The van der Waals surface area contributed by atoms with Crippen LogP contribution < -0.4 is 5.32 Å². The zero-order chi connectivity index (χ0) is 13.8. The number of amides is 2. The molecule has 1 rings (SSSR count). The number of nitrogens with zero attached hydrogens (tertiary/aromatic N) is 1. The van der Waals surface area contributed by atoms with Gasteiger partial charge < -0.3 is 15.0 Å². The third kappa shape index (κ3) is 2.76. The summed E-state index contributed by atoms with van der Waals surface area (Å²) >= 11 is 0. The van der Waals surface area contributed by atoms with Crippen LogP contribution in [-0.4, -0.2) is 43.6 Å². The van der Waals surface area contributed by atoms with Crippen LogP contribution >= 0.6 is 0 Å². The molecule has 0 radical (unpaired) electrons. The molecule has 1 heterocycles. The van der Waals surface area contributed by atoms with Crippen molar-refractivity contribution >= 4 is 12.0 Å². The predicted octanol–water partition coefficient (Wildman–Crippen LogP) is 1.77. The minimum Gasteiger partial charge on any atom is -0.463 e. The lowest BCUT2D eigenvalue weighted by molar-refractivity contribution is -0.147. The SMILES string of the molecule is CCCC1(CCC)C(=O)OC[C@@H]1NC(=O)N(C)C. The van der Waals surface area contributed by atoms with Crippen molar-refractivity contribution in [1.82, 2.24) is 10.2 Å². The molecule has 2 amide bonds. The lowest BCUT2D eigenvalue weighted by Gasteiger charge is -2.31. The number of urea groups is 1. The highest BCUT2D eigenvalue weighted by Gasteiger charge is 2.51. The van der Waals surface area contributed by atoms with Gasteiger partial charge in [-0.1, -0.05) is 26.7 Å². The smallest absolute Gasteiger partial charge is 0.317 e. The quantitative estimate of drug-likeness (QED) is 0.763. The van der Waals surface area contributed by atoms with E-state index in [2.05, 4.69) is 5.32 Å². The maximum atomic E-state index is 12.1. The summed E-state index contributed by atoms with van der Waals surface area (Å²) in [6.45, 7) is 4.39. The molecule has 0 aromatic heterocycles. The minimum absolute atomic E-state index is 0.157. The molecule has 0 aromatic carbocycles. The highest BCUT2D eigenvalue weighted by Crippen LogP contribution is 2.39. The molecule has 5 heteroatoms. The fourth-order valence-corrected chi connectivity index (χ4v) is 2.63. The van der Waals surface area contributed by atoms with Gasteiger partial charge in [-0.3, -0.25) is 4.79 Å². The second kappa shape index (κ2) is 6.07. The third-order valence-electron chi connectivity index (χ3n) is 3.55. The Morgan fingerprint density at radius 1 is 1.39 bits per heavy atom. The summed E-state index contributed by atoms with van der Waals surface area (Å²) in [7, 11) is 3.38. The second-order valence-corrected chi connectivity index (χ2v) is 5.15. The minimum atomic E-state index is -0.533. The molecular formula is C13H24N2O3. The van der Waals surface area contributed by atoms with Crippen molar-refractivity contribution in [2.45, 2.75) is 45.6 Å². The largest absolute Gasteiger partial charge is 0.463 e. The van der Waals surface area contributed by atoms with Crippen LogP contribution in [0, 0.1) is 5.41 Å². The lowest BCUT2D eigenvalue weighted by atomic mass is 9.74. The number of cyclic esters (lactones) is 1. The first kappa shape index (κ1) is 14.8. The first-order chi connectivity index (χ1) is 8.47. The van der Waals surface area contributed by atoms with Crippen molar-refractivity contribution in [1.29, 1.82) is 0 Å². The van der Waals surface area contributed by atoms with Crippen molar-refractivity contribution in [2.24, 2.45) is 5.41 Å². The standard InChI is InChI=1S/C13H24N2O3/c1-5-7-13(8-6-2)10(9-18-11(13)16)14-12(17)15(3)4/h10H,5-9H2,1-4H3,(H,14,17)/t10-/m0/s1. The zero-order valence-corrected chi connectivity index (χ0v) is 11.8. The van der Waals surface area contributed by atoms with Crippen LogP contribution in [0.1, 0.15) is 39.5 Å². The molecule has 0 unspecified atom stereocenters. The average Bonchev–Trinajstić information content (AvgIpc) is 2.59. The molecule has 1 saturated heterocycles. The maximum absolute atomic E-state index is 12.1. The molecule has 0 bridgehead atoms. The Hall–Kier alpha value is -1.26. The first-order valence-corrected chi connectivity index (χ1v) is 6.63. The summed E-state index contributed by atoms with van der Waals surface area (Å²) in [5.74, 6) is -0.157. The van der Waals surface area contributed by atoms with E-state index in [0.29, 0.717) is 6.61 Å². The molecule has 0 aliphatic carbocycles. The molecule has 0 saturated carbocycles. The van der Waals surface area contributed by atoms with Crippen molar-refractivity contribution in [3.63, 3.8) is 0 Å². The van der Waals surface area contributed by atoms with Gasteiger partial charge in [0.25, 0.3) is 0 Å².